The van der Waals surface area contributed by atoms with E-state index in [4.69, 9.17) is 5.73 Å². The van der Waals surface area contributed by atoms with Crippen LogP contribution in [0.15, 0.2) is 23.6 Å². The van der Waals surface area contributed by atoms with Crippen LogP contribution in [0.2, 0.25) is 0 Å². The minimum atomic E-state index is 0. The van der Waals surface area contributed by atoms with E-state index in [9.17, 15) is 0 Å². The van der Waals surface area contributed by atoms with Crippen LogP contribution in [0.1, 0.15) is 6.92 Å². The first-order valence-corrected chi connectivity index (χ1v) is 4.34. The van der Waals surface area contributed by atoms with E-state index in [2.05, 4.69) is 16.9 Å². The van der Waals surface area contributed by atoms with Gasteiger partial charge in [-0.2, -0.15) is 0 Å². The van der Waals surface area contributed by atoms with Gasteiger partial charge in [-0.1, -0.05) is 18.7 Å². The highest BCUT2D eigenvalue weighted by Gasteiger charge is 2.02. The van der Waals surface area contributed by atoms with Crippen LogP contribution in [-0.2, 0) is 0 Å². The zero-order valence-corrected chi connectivity index (χ0v) is 8.44. The number of thioether (sulfide) groups is 1. The molecular formula is C7H12ClN3S. The van der Waals surface area contributed by atoms with Crippen molar-refractivity contribution in [2.75, 3.05) is 6.54 Å². The van der Waals surface area contributed by atoms with Gasteiger partial charge < -0.3 is 5.73 Å². The molecule has 0 saturated carbocycles. The molecule has 0 bridgehead atoms. The molecule has 0 radical (unpaired) electrons. The molecule has 12 heavy (non-hydrogen) atoms. The van der Waals surface area contributed by atoms with Crippen molar-refractivity contribution in [2.45, 2.75) is 17.3 Å². The lowest BCUT2D eigenvalue weighted by Crippen LogP contribution is -2.12. The van der Waals surface area contributed by atoms with E-state index in [1.165, 1.54) is 0 Å². The molecule has 0 spiro atoms. The third-order valence-electron chi connectivity index (χ3n) is 1.18. The summed E-state index contributed by atoms with van der Waals surface area (Å²) in [5, 5.41) is 1.18. The summed E-state index contributed by atoms with van der Waals surface area (Å²) in [6.07, 6.45) is 3.47. The number of nitrogens with zero attached hydrogens (tertiary/aromatic N) is 2. The van der Waals surface area contributed by atoms with Gasteiger partial charge in [-0.15, -0.1) is 12.4 Å². The molecule has 0 fully saturated rings. The largest absolute Gasteiger partial charge is 0.329 e. The number of hydrogen-bond donors (Lipinski definition) is 1. The lowest BCUT2D eigenvalue weighted by atomic mass is 10.5. The van der Waals surface area contributed by atoms with Gasteiger partial charge >= 0.3 is 0 Å². The third kappa shape index (κ3) is 3.90. The van der Waals surface area contributed by atoms with Gasteiger partial charge in [-0.05, 0) is 6.07 Å². The lowest BCUT2D eigenvalue weighted by Gasteiger charge is -2.04. The Bertz CT molecular complexity index is 207. The molecule has 1 rings (SSSR count). The van der Waals surface area contributed by atoms with E-state index < -0.39 is 0 Å². The van der Waals surface area contributed by atoms with Gasteiger partial charge in [0.15, 0.2) is 5.16 Å². The molecule has 1 heterocycles. The fourth-order valence-electron chi connectivity index (χ4n) is 0.574. The highest BCUT2D eigenvalue weighted by atomic mass is 35.5. The van der Waals surface area contributed by atoms with E-state index in [-0.39, 0.29) is 12.4 Å². The average Bonchev–Trinajstić information content (AvgIpc) is 2.06. The minimum absolute atomic E-state index is 0. The molecule has 0 aliphatic carbocycles. The summed E-state index contributed by atoms with van der Waals surface area (Å²) >= 11 is 1.60. The van der Waals surface area contributed by atoms with Crippen LogP contribution in [0.5, 0.6) is 0 Å². The Morgan fingerprint density at radius 3 is 2.58 bits per heavy atom. The topological polar surface area (TPSA) is 51.8 Å². The number of nitrogens with two attached hydrogens (primary N) is 1. The van der Waals surface area contributed by atoms with Crippen molar-refractivity contribution in [3.8, 4) is 0 Å². The normalized spacial score (nSPS) is 11.8. The van der Waals surface area contributed by atoms with Gasteiger partial charge in [0.05, 0.1) is 0 Å². The van der Waals surface area contributed by atoms with Crippen molar-refractivity contribution < 1.29 is 0 Å². The van der Waals surface area contributed by atoms with Gasteiger partial charge in [0.25, 0.3) is 0 Å². The maximum absolute atomic E-state index is 5.44. The van der Waals surface area contributed by atoms with Gasteiger partial charge in [0, 0.05) is 24.2 Å². The molecule has 0 aliphatic heterocycles. The molecular weight excluding hydrogens is 194 g/mol. The molecule has 0 amide bonds. The molecule has 68 valence electrons. The molecule has 2 N–H and O–H groups in total. The van der Waals surface area contributed by atoms with Crippen LogP contribution < -0.4 is 5.73 Å². The summed E-state index contributed by atoms with van der Waals surface area (Å²) in [6, 6.07) is 1.80. The average molecular weight is 206 g/mol. The third-order valence-corrected chi connectivity index (χ3v) is 2.20. The quantitative estimate of drug-likeness (QED) is 0.598. The Labute approximate surface area is 82.6 Å². The van der Waals surface area contributed by atoms with Crippen LogP contribution in [-0.4, -0.2) is 21.8 Å². The molecule has 1 atom stereocenters. The van der Waals surface area contributed by atoms with Crippen molar-refractivity contribution in [1.82, 2.24) is 9.97 Å². The second-order valence-corrected chi connectivity index (χ2v) is 3.60. The van der Waals surface area contributed by atoms with Gasteiger partial charge in [-0.3, -0.25) is 0 Å². The summed E-state index contributed by atoms with van der Waals surface area (Å²) in [7, 11) is 0. The maximum Gasteiger partial charge on any atom is 0.187 e. The first-order valence-electron chi connectivity index (χ1n) is 3.46. The first-order chi connectivity index (χ1) is 5.33. The molecule has 1 unspecified atom stereocenters. The Morgan fingerprint density at radius 1 is 1.50 bits per heavy atom. The van der Waals surface area contributed by atoms with E-state index in [1.54, 1.807) is 30.2 Å². The standard InChI is InChI=1S/C7H11N3S.ClH/c1-6(5-8)11-7-9-3-2-4-10-7;/h2-4,6H,5,8H2,1H3;1H. The summed E-state index contributed by atoms with van der Waals surface area (Å²) in [4.78, 5) is 8.13. The van der Waals surface area contributed by atoms with Gasteiger partial charge in [0.1, 0.15) is 0 Å². The summed E-state index contributed by atoms with van der Waals surface area (Å²) in [5.41, 5.74) is 5.44. The number of hydrogen-bond acceptors (Lipinski definition) is 4. The molecule has 5 heteroatoms. The predicted octanol–water partition coefficient (Wildman–Crippen LogP) is 1.34. The Morgan fingerprint density at radius 2 is 2.08 bits per heavy atom. The zero-order valence-electron chi connectivity index (χ0n) is 6.80. The van der Waals surface area contributed by atoms with Crippen LogP contribution >= 0.6 is 24.2 Å². The molecule has 0 saturated heterocycles. The van der Waals surface area contributed by atoms with E-state index >= 15 is 0 Å². The molecule has 1 aromatic rings. The van der Waals surface area contributed by atoms with Gasteiger partial charge in [-0.25, -0.2) is 9.97 Å². The molecule has 1 aromatic heterocycles. The van der Waals surface area contributed by atoms with Crippen molar-refractivity contribution in [3.05, 3.63) is 18.5 Å². The van der Waals surface area contributed by atoms with Crippen LogP contribution in [0, 0.1) is 0 Å². The van der Waals surface area contributed by atoms with E-state index in [0.717, 1.165) is 5.16 Å². The van der Waals surface area contributed by atoms with E-state index in [1.807, 2.05) is 0 Å². The summed E-state index contributed by atoms with van der Waals surface area (Å²) in [5.74, 6) is 0. The highest BCUT2D eigenvalue weighted by molar-refractivity contribution is 7.99. The lowest BCUT2D eigenvalue weighted by molar-refractivity contribution is 0.916. The fourth-order valence-corrected chi connectivity index (χ4v) is 1.27. The Hall–Kier alpha value is -0.320. The summed E-state index contributed by atoms with van der Waals surface area (Å²) < 4.78 is 0. The van der Waals surface area contributed by atoms with Crippen LogP contribution in [0.3, 0.4) is 0 Å². The van der Waals surface area contributed by atoms with Crippen molar-refractivity contribution in [2.24, 2.45) is 5.73 Å². The van der Waals surface area contributed by atoms with Crippen molar-refractivity contribution >= 4 is 24.2 Å². The van der Waals surface area contributed by atoms with Crippen LogP contribution in [0.4, 0.5) is 0 Å². The SMILES string of the molecule is CC(CN)Sc1ncccn1.Cl. The molecule has 0 aliphatic rings. The monoisotopic (exact) mass is 205 g/mol. The zero-order chi connectivity index (χ0) is 8.10. The Balaban J connectivity index is 0.00000121. The van der Waals surface area contributed by atoms with Crippen LogP contribution in [0.25, 0.3) is 0 Å². The van der Waals surface area contributed by atoms with Crippen molar-refractivity contribution in [3.63, 3.8) is 0 Å². The molecule has 3 nitrogen and oxygen atoms in total. The number of aromatic nitrogens is 2. The minimum Gasteiger partial charge on any atom is -0.329 e. The number of rotatable bonds is 3. The smallest absolute Gasteiger partial charge is 0.187 e. The highest BCUT2D eigenvalue weighted by Crippen LogP contribution is 2.16. The maximum atomic E-state index is 5.44. The first kappa shape index (κ1) is 11.7. The van der Waals surface area contributed by atoms with Crippen molar-refractivity contribution in [1.29, 1.82) is 0 Å². The fraction of sp³-hybridized carbons (Fsp3) is 0.429. The summed E-state index contributed by atoms with van der Waals surface area (Å²) in [6.45, 7) is 2.71. The molecule has 0 aromatic carbocycles. The van der Waals surface area contributed by atoms with Gasteiger partial charge in [0.2, 0.25) is 0 Å². The second-order valence-electron chi connectivity index (χ2n) is 2.20. The van der Waals surface area contributed by atoms with E-state index in [0.29, 0.717) is 11.8 Å². The second kappa shape index (κ2) is 6.22. The number of halogens is 1. The predicted molar refractivity (Wildman–Crippen MR) is 53.7 cm³/mol. The Kier molecular flexibility index (Phi) is 6.06.